The van der Waals surface area contributed by atoms with Crippen LogP contribution in [0.4, 0.5) is 0 Å². The summed E-state index contributed by atoms with van der Waals surface area (Å²) < 4.78 is 6.81. The summed E-state index contributed by atoms with van der Waals surface area (Å²) in [6.45, 7) is 5.44. The molecule has 1 aromatic heterocycles. The van der Waals surface area contributed by atoms with Crippen molar-refractivity contribution >= 4 is 11.6 Å². The topological polar surface area (TPSA) is 39.1 Å². The molecule has 1 aromatic rings. The van der Waals surface area contributed by atoms with E-state index in [-0.39, 0.29) is 0 Å². The van der Waals surface area contributed by atoms with Gasteiger partial charge in [-0.15, -0.1) is 0 Å². The number of ether oxygens (including phenoxy) is 1. The smallest absolute Gasteiger partial charge is 0.0814 e. The Kier molecular flexibility index (Phi) is 5.68. The van der Waals surface area contributed by atoms with E-state index in [1.807, 2.05) is 17.8 Å². The fourth-order valence-corrected chi connectivity index (χ4v) is 1.42. The van der Waals surface area contributed by atoms with Gasteiger partial charge in [0, 0.05) is 26.5 Å². The number of nitrogens with one attached hydrogen (secondary N) is 1. The van der Waals surface area contributed by atoms with Crippen LogP contribution < -0.4 is 5.32 Å². The Balaban J connectivity index is 2.10. The maximum absolute atomic E-state index is 5.89. The number of halogens is 1. The van der Waals surface area contributed by atoms with Crippen LogP contribution in [0.2, 0.25) is 5.02 Å². The van der Waals surface area contributed by atoms with Gasteiger partial charge in [-0.2, -0.15) is 5.10 Å². The highest BCUT2D eigenvalue weighted by molar-refractivity contribution is 6.31. The summed E-state index contributed by atoms with van der Waals surface area (Å²) in [7, 11) is 1.72. The Labute approximate surface area is 95.6 Å². The first kappa shape index (κ1) is 12.5. The van der Waals surface area contributed by atoms with E-state index in [1.165, 1.54) is 0 Å². The van der Waals surface area contributed by atoms with Crippen molar-refractivity contribution in [3.63, 3.8) is 0 Å². The van der Waals surface area contributed by atoms with Crippen LogP contribution in [0.5, 0.6) is 0 Å². The van der Waals surface area contributed by atoms with Gasteiger partial charge >= 0.3 is 0 Å². The quantitative estimate of drug-likeness (QED) is 0.723. The maximum atomic E-state index is 5.89. The molecular weight excluding hydrogens is 214 g/mol. The average molecular weight is 232 g/mol. The molecule has 0 atom stereocenters. The van der Waals surface area contributed by atoms with Gasteiger partial charge in [0.25, 0.3) is 0 Å². The molecule has 0 aliphatic rings. The van der Waals surface area contributed by atoms with Crippen LogP contribution >= 0.6 is 11.6 Å². The van der Waals surface area contributed by atoms with Crippen LogP contribution in [-0.4, -0.2) is 36.6 Å². The first-order chi connectivity index (χ1) is 7.24. The lowest BCUT2D eigenvalue weighted by atomic mass is 10.4. The van der Waals surface area contributed by atoms with Crippen molar-refractivity contribution in [3.05, 3.63) is 16.9 Å². The summed E-state index contributed by atoms with van der Waals surface area (Å²) in [4.78, 5) is 0. The highest BCUT2D eigenvalue weighted by Crippen LogP contribution is 2.11. The molecule has 0 amide bonds. The molecule has 0 bridgehead atoms. The maximum Gasteiger partial charge on any atom is 0.0814 e. The minimum Gasteiger partial charge on any atom is -0.385 e. The van der Waals surface area contributed by atoms with Crippen molar-refractivity contribution in [2.75, 3.05) is 26.8 Å². The third-order valence-electron chi connectivity index (χ3n) is 2.11. The molecule has 15 heavy (non-hydrogen) atoms. The van der Waals surface area contributed by atoms with Crippen molar-refractivity contribution in [2.45, 2.75) is 19.9 Å². The normalized spacial score (nSPS) is 10.9. The van der Waals surface area contributed by atoms with Gasteiger partial charge in [0.1, 0.15) is 0 Å². The predicted octanol–water partition coefficient (Wildman–Crippen LogP) is 1.47. The van der Waals surface area contributed by atoms with E-state index in [2.05, 4.69) is 10.4 Å². The van der Waals surface area contributed by atoms with E-state index in [9.17, 15) is 0 Å². The third-order valence-corrected chi connectivity index (χ3v) is 2.48. The Morgan fingerprint density at radius 3 is 2.93 bits per heavy atom. The molecule has 0 saturated heterocycles. The Bertz CT molecular complexity index is 269. The SMILES string of the molecule is COCCCNCCn1cc(Cl)c(C)n1. The summed E-state index contributed by atoms with van der Waals surface area (Å²) in [5.41, 5.74) is 0.885. The van der Waals surface area contributed by atoms with Gasteiger partial charge in [-0.05, 0) is 19.9 Å². The van der Waals surface area contributed by atoms with Gasteiger partial charge in [-0.25, -0.2) is 0 Å². The number of hydrogen-bond donors (Lipinski definition) is 1. The number of nitrogens with zero attached hydrogens (tertiary/aromatic N) is 2. The predicted molar refractivity (Wildman–Crippen MR) is 61.3 cm³/mol. The Morgan fingerprint density at radius 2 is 2.33 bits per heavy atom. The number of hydrogen-bond acceptors (Lipinski definition) is 3. The van der Waals surface area contributed by atoms with E-state index in [0.717, 1.165) is 43.4 Å². The van der Waals surface area contributed by atoms with Crippen molar-refractivity contribution in [3.8, 4) is 0 Å². The van der Waals surface area contributed by atoms with Crippen LogP contribution in [-0.2, 0) is 11.3 Å². The molecule has 5 heteroatoms. The number of aromatic nitrogens is 2. The molecule has 0 fully saturated rings. The van der Waals surface area contributed by atoms with Gasteiger partial charge < -0.3 is 10.1 Å². The van der Waals surface area contributed by atoms with Gasteiger partial charge in [-0.1, -0.05) is 11.6 Å². The molecule has 1 heterocycles. The molecule has 0 aromatic carbocycles. The van der Waals surface area contributed by atoms with Crippen molar-refractivity contribution in [1.29, 1.82) is 0 Å². The monoisotopic (exact) mass is 231 g/mol. The van der Waals surface area contributed by atoms with Gasteiger partial charge in [0.15, 0.2) is 0 Å². The largest absolute Gasteiger partial charge is 0.385 e. The van der Waals surface area contributed by atoms with Crippen molar-refractivity contribution < 1.29 is 4.74 Å². The fourth-order valence-electron chi connectivity index (χ4n) is 1.27. The van der Waals surface area contributed by atoms with E-state index in [1.54, 1.807) is 7.11 Å². The third kappa shape index (κ3) is 4.64. The molecule has 86 valence electrons. The summed E-state index contributed by atoms with van der Waals surface area (Å²) in [6, 6.07) is 0. The second-order valence-corrected chi connectivity index (χ2v) is 3.83. The summed E-state index contributed by atoms with van der Waals surface area (Å²) in [6.07, 6.45) is 2.89. The summed E-state index contributed by atoms with van der Waals surface area (Å²) in [5.74, 6) is 0. The van der Waals surface area contributed by atoms with Crippen molar-refractivity contribution in [2.24, 2.45) is 0 Å². The molecule has 1 rings (SSSR count). The molecule has 0 radical (unpaired) electrons. The van der Waals surface area contributed by atoms with E-state index in [4.69, 9.17) is 16.3 Å². The van der Waals surface area contributed by atoms with E-state index >= 15 is 0 Å². The molecule has 0 aliphatic carbocycles. The molecule has 0 spiro atoms. The molecule has 4 nitrogen and oxygen atoms in total. The minimum atomic E-state index is 0.731. The fraction of sp³-hybridized carbons (Fsp3) is 0.700. The number of aryl methyl sites for hydroxylation is 1. The summed E-state index contributed by atoms with van der Waals surface area (Å²) >= 11 is 5.89. The van der Waals surface area contributed by atoms with Crippen LogP contribution in [0.1, 0.15) is 12.1 Å². The van der Waals surface area contributed by atoms with Crippen LogP contribution in [0, 0.1) is 6.92 Å². The second-order valence-electron chi connectivity index (χ2n) is 3.42. The zero-order valence-corrected chi connectivity index (χ0v) is 10.0. The van der Waals surface area contributed by atoms with Gasteiger partial charge in [0.2, 0.25) is 0 Å². The Morgan fingerprint density at radius 1 is 1.53 bits per heavy atom. The first-order valence-corrected chi connectivity index (χ1v) is 5.51. The standard InChI is InChI=1S/C10H18ClN3O/c1-9-10(11)8-14(13-9)6-5-12-4-3-7-15-2/h8,12H,3-7H2,1-2H3. The van der Waals surface area contributed by atoms with Crippen molar-refractivity contribution in [1.82, 2.24) is 15.1 Å². The Hall–Kier alpha value is -0.580. The molecule has 0 saturated carbocycles. The molecule has 0 unspecified atom stereocenters. The second kappa shape index (κ2) is 6.82. The minimum absolute atomic E-state index is 0.731. The van der Waals surface area contributed by atoms with E-state index < -0.39 is 0 Å². The van der Waals surface area contributed by atoms with Gasteiger partial charge in [-0.3, -0.25) is 4.68 Å². The molecule has 0 aliphatic heterocycles. The molecular formula is C10H18ClN3O. The highest BCUT2D eigenvalue weighted by atomic mass is 35.5. The van der Waals surface area contributed by atoms with Crippen LogP contribution in [0.15, 0.2) is 6.20 Å². The van der Waals surface area contributed by atoms with E-state index in [0.29, 0.717) is 0 Å². The first-order valence-electron chi connectivity index (χ1n) is 5.13. The van der Waals surface area contributed by atoms with Gasteiger partial charge in [0.05, 0.1) is 17.3 Å². The lowest BCUT2D eigenvalue weighted by molar-refractivity contribution is 0.194. The zero-order valence-electron chi connectivity index (χ0n) is 9.29. The molecule has 1 N–H and O–H groups in total. The number of rotatable bonds is 7. The van der Waals surface area contributed by atoms with Crippen LogP contribution in [0.3, 0.4) is 0 Å². The lowest BCUT2D eigenvalue weighted by Crippen LogP contribution is -2.22. The average Bonchev–Trinajstić information content (AvgIpc) is 2.52. The lowest BCUT2D eigenvalue weighted by Gasteiger charge is -2.04. The van der Waals surface area contributed by atoms with Crippen LogP contribution in [0.25, 0.3) is 0 Å². The number of methoxy groups -OCH3 is 1. The zero-order chi connectivity index (χ0) is 11.1. The highest BCUT2D eigenvalue weighted by Gasteiger charge is 2.00. The summed E-state index contributed by atoms with van der Waals surface area (Å²) in [5, 5.41) is 8.31.